The van der Waals surface area contributed by atoms with Crippen molar-refractivity contribution in [2.24, 2.45) is 0 Å². The van der Waals surface area contributed by atoms with Crippen molar-refractivity contribution in [1.29, 1.82) is 0 Å². The summed E-state index contributed by atoms with van der Waals surface area (Å²) in [6.07, 6.45) is 4.59. The molecule has 0 radical (unpaired) electrons. The summed E-state index contributed by atoms with van der Waals surface area (Å²) in [6, 6.07) is 7.37. The van der Waals surface area contributed by atoms with E-state index in [0.717, 1.165) is 10.9 Å². The molecule has 0 saturated carbocycles. The van der Waals surface area contributed by atoms with Crippen LogP contribution in [0.5, 0.6) is 0 Å². The minimum absolute atomic E-state index is 0.188. The average molecular weight is 292 g/mol. The molecule has 1 aromatic carbocycles. The number of hydrogen-bond donors (Lipinski definition) is 1. The van der Waals surface area contributed by atoms with Gasteiger partial charge >= 0.3 is 0 Å². The molecule has 86 valence electrons. The lowest BCUT2D eigenvalue weighted by Gasteiger charge is -2.04. The van der Waals surface area contributed by atoms with Crippen molar-refractivity contribution < 1.29 is 4.79 Å². The lowest BCUT2D eigenvalue weighted by atomic mass is 10.1. The summed E-state index contributed by atoms with van der Waals surface area (Å²) >= 11 is 3.35. The van der Waals surface area contributed by atoms with Crippen LogP contribution in [0.1, 0.15) is 15.9 Å². The Morgan fingerprint density at radius 2 is 2.00 bits per heavy atom. The van der Waals surface area contributed by atoms with E-state index in [-0.39, 0.29) is 5.91 Å². The van der Waals surface area contributed by atoms with Gasteiger partial charge in [-0.25, -0.2) is 4.98 Å². The lowest BCUT2D eigenvalue weighted by Crippen LogP contribution is -2.12. The first-order valence-electron chi connectivity index (χ1n) is 5.02. The zero-order chi connectivity index (χ0) is 12.1. The summed E-state index contributed by atoms with van der Waals surface area (Å²) in [5.41, 5.74) is 1.72. The van der Waals surface area contributed by atoms with Gasteiger partial charge in [-0.1, -0.05) is 28.1 Å². The second-order valence-corrected chi connectivity index (χ2v) is 3.94. The molecule has 1 N–H and O–H groups in total. The fraction of sp³-hybridized carbons (Fsp3) is 0.0833. The molecule has 0 atom stereocenters. The maximum Gasteiger partial charge on any atom is 0.256 e. The quantitative estimate of drug-likeness (QED) is 0.885. The summed E-state index contributed by atoms with van der Waals surface area (Å²) < 4.78 is 0. The number of anilines is 1. The van der Waals surface area contributed by atoms with Gasteiger partial charge in [-0.2, -0.15) is 0 Å². The maximum atomic E-state index is 11.8. The van der Waals surface area contributed by atoms with E-state index in [0.29, 0.717) is 11.4 Å². The molecular formula is C12H10BrN3O. The van der Waals surface area contributed by atoms with Crippen LogP contribution >= 0.6 is 15.9 Å². The van der Waals surface area contributed by atoms with E-state index >= 15 is 0 Å². The van der Waals surface area contributed by atoms with E-state index < -0.39 is 0 Å². The first-order valence-corrected chi connectivity index (χ1v) is 6.14. The van der Waals surface area contributed by atoms with E-state index in [1.165, 1.54) is 12.4 Å². The van der Waals surface area contributed by atoms with Crippen LogP contribution in [0.25, 0.3) is 0 Å². The van der Waals surface area contributed by atoms with E-state index in [2.05, 4.69) is 31.2 Å². The van der Waals surface area contributed by atoms with Crippen LogP contribution < -0.4 is 5.32 Å². The highest BCUT2D eigenvalue weighted by Crippen LogP contribution is 2.09. The largest absolute Gasteiger partial charge is 0.305 e. The minimum atomic E-state index is -0.188. The summed E-state index contributed by atoms with van der Waals surface area (Å²) in [6.45, 7) is 0. The fourth-order valence-corrected chi connectivity index (χ4v) is 1.67. The third-order valence-electron chi connectivity index (χ3n) is 2.18. The first kappa shape index (κ1) is 11.7. The van der Waals surface area contributed by atoms with Crippen LogP contribution in [0, 0.1) is 0 Å². The van der Waals surface area contributed by atoms with Crippen LogP contribution in [0.3, 0.4) is 0 Å². The Morgan fingerprint density at radius 3 is 2.59 bits per heavy atom. The standard InChI is InChI=1S/C12H10BrN3O/c13-7-9-1-3-10(4-2-9)12(17)16-11-8-14-5-6-15-11/h1-6,8H,7H2,(H,15,16,17). The fourth-order valence-electron chi connectivity index (χ4n) is 1.30. The summed E-state index contributed by atoms with van der Waals surface area (Å²) in [5.74, 6) is 0.258. The van der Waals surface area contributed by atoms with Gasteiger partial charge in [-0.05, 0) is 17.7 Å². The monoisotopic (exact) mass is 291 g/mol. The molecule has 0 saturated heterocycles. The molecule has 17 heavy (non-hydrogen) atoms. The van der Waals surface area contributed by atoms with E-state index in [1.54, 1.807) is 18.3 Å². The van der Waals surface area contributed by atoms with Crippen LogP contribution in [-0.2, 0) is 5.33 Å². The second kappa shape index (κ2) is 5.54. The van der Waals surface area contributed by atoms with E-state index in [1.807, 2.05) is 12.1 Å². The lowest BCUT2D eigenvalue weighted by molar-refractivity contribution is 0.102. The number of benzene rings is 1. The molecule has 0 aliphatic heterocycles. The van der Waals surface area contributed by atoms with Crippen molar-refractivity contribution in [2.75, 3.05) is 5.32 Å². The Bertz CT molecular complexity index is 499. The predicted octanol–water partition coefficient (Wildman–Crippen LogP) is 2.62. The predicted molar refractivity (Wildman–Crippen MR) is 69.1 cm³/mol. The van der Waals surface area contributed by atoms with Gasteiger partial charge in [0.2, 0.25) is 0 Å². The molecule has 0 fully saturated rings. The number of amides is 1. The number of rotatable bonds is 3. The van der Waals surface area contributed by atoms with Crippen molar-refractivity contribution >= 4 is 27.7 Å². The summed E-state index contributed by atoms with van der Waals surface area (Å²) in [7, 11) is 0. The number of nitrogens with zero attached hydrogens (tertiary/aromatic N) is 2. The van der Waals surface area contributed by atoms with E-state index in [4.69, 9.17) is 0 Å². The van der Waals surface area contributed by atoms with Gasteiger partial charge in [0.05, 0.1) is 6.20 Å². The number of hydrogen-bond acceptors (Lipinski definition) is 3. The molecule has 5 heteroatoms. The molecule has 1 amide bonds. The number of halogens is 1. The molecule has 0 bridgehead atoms. The van der Waals surface area contributed by atoms with Gasteiger partial charge in [-0.15, -0.1) is 0 Å². The third kappa shape index (κ3) is 3.10. The number of alkyl halides is 1. The van der Waals surface area contributed by atoms with Crippen molar-refractivity contribution in [3.8, 4) is 0 Å². The SMILES string of the molecule is O=C(Nc1cnccn1)c1ccc(CBr)cc1. The molecule has 2 aromatic rings. The summed E-state index contributed by atoms with van der Waals surface area (Å²) in [4.78, 5) is 19.7. The number of carbonyl (C=O) groups is 1. The second-order valence-electron chi connectivity index (χ2n) is 3.38. The number of aromatic nitrogens is 2. The van der Waals surface area contributed by atoms with E-state index in [9.17, 15) is 4.79 Å². The van der Waals surface area contributed by atoms with Crippen LogP contribution in [0.4, 0.5) is 5.82 Å². The maximum absolute atomic E-state index is 11.8. The van der Waals surface area contributed by atoms with Crippen molar-refractivity contribution in [1.82, 2.24) is 9.97 Å². The minimum Gasteiger partial charge on any atom is -0.305 e. The van der Waals surface area contributed by atoms with Crippen LogP contribution in [0.2, 0.25) is 0 Å². The first-order chi connectivity index (χ1) is 8.29. The Balaban J connectivity index is 2.09. The van der Waals surface area contributed by atoms with Gasteiger partial charge in [0.25, 0.3) is 5.91 Å². The Labute approximate surface area is 107 Å². The molecule has 0 spiro atoms. The Morgan fingerprint density at radius 1 is 1.24 bits per heavy atom. The van der Waals surface area contributed by atoms with Gasteiger partial charge in [-0.3, -0.25) is 9.78 Å². The van der Waals surface area contributed by atoms with Gasteiger partial charge in [0.15, 0.2) is 5.82 Å². The smallest absolute Gasteiger partial charge is 0.256 e. The molecule has 0 aliphatic rings. The molecular weight excluding hydrogens is 282 g/mol. The van der Waals surface area contributed by atoms with Crippen LogP contribution in [-0.4, -0.2) is 15.9 Å². The zero-order valence-electron chi connectivity index (χ0n) is 8.93. The van der Waals surface area contributed by atoms with Crippen molar-refractivity contribution in [2.45, 2.75) is 5.33 Å². The highest BCUT2D eigenvalue weighted by molar-refractivity contribution is 9.08. The third-order valence-corrected chi connectivity index (χ3v) is 2.82. The van der Waals surface area contributed by atoms with Crippen molar-refractivity contribution in [3.63, 3.8) is 0 Å². The van der Waals surface area contributed by atoms with Crippen LogP contribution in [0.15, 0.2) is 42.9 Å². The zero-order valence-corrected chi connectivity index (χ0v) is 10.5. The molecule has 2 rings (SSSR count). The Hall–Kier alpha value is -1.75. The highest BCUT2D eigenvalue weighted by atomic mass is 79.9. The van der Waals surface area contributed by atoms with Gasteiger partial charge < -0.3 is 5.32 Å². The normalized spacial score (nSPS) is 9.94. The molecule has 0 unspecified atom stereocenters. The Kier molecular flexibility index (Phi) is 3.82. The number of nitrogens with one attached hydrogen (secondary N) is 1. The average Bonchev–Trinajstić information content (AvgIpc) is 2.40. The molecule has 4 nitrogen and oxygen atoms in total. The van der Waals surface area contributed by atoms with Crippen molar-refractivity contribution in [3.05, 3.63) is 54.0 Å². The molecule has 1 aromatic heterocycles. The summed E-state index contributed by atoms with van der Waals surface area (Å²) in [5, 5.41) is 3.45. The van der Waals surface area contributed by atoms with Gasteiger partial charge in [0.1, 0.15) is 0 Å². The number of carbonyl (C=O) groups excluding carboxylic acids is 1. The topological polar surface area (TPSA) is 54.9 Å². The highest BCUT2D eigenvalue weighted by Gasteiger charge is 2.06. The molecule has 0 aliphatic carbocycles. The molecule has 1 heterocycles. The van der Waals surface area contributed by atoms with Gasteiger partial charge in [0, 0.05) is 23.3 Å².